The lowest BCUT2D eigenvalue weighted by atomic mass is 10.1. The molecule has 0 radical (unpaired) electrons. The fraction of sp³-hybridized carbons (Fsp3) is 0.471. The largest absolute Gasteiger partial charge is 0.494 e. The van der Waals surface area contributed by atoms with Crippen LogP contribution in [-0.4, -0.2) is 47.2 Å². The fourth-order valence-electron chi connectivity index (χ4n) is 2.72. The number of rotatable bonds is 6. The van der Waals surface area contributed by atoms with Crippen molar-refractivity contribution in [2.75, 3.05) is 13.7 Å². The molecular weight excluding hydrogens is 296 g/mol. The van der Waals surface area contributed by atoms with Crippen molar-refractivity contribution in [3.63, 3.8) is 0 Å². The highest BCUT2D eigenvalue weighted by Gasteiger charge is 2.37. The second-order valence-electron chi connectivity index (χ2n) is 5.57. The van der Waals surface area contributed by atoms with E-state index in [2.05, 4.69) is 0 Å². The Balaban J connectivity index is 2.08. The first-order valence-corrected chi connectivity index (χ1v) is 7.76. The highest BCUT2D eigenvalue weighted by Crippen LogP contribution is 2.21. The zero-order valence-corrected chi connectivity index (χ0v) is 13.7. The van der Waals surface area contributed by atoms with E-state index in [0.29, 0.717) is 13.2 Å². The number of hydrogen-bond acceptors (Lipinski definition) is 4. The van der Waals surface area contributed by atoms with E-state index in [1.165, 1.54) is 4.90 Å². The number of carbonyl (C=O) groups excluding carboxylic acids is 3. The van der Waals surface area contributed by atoms with Crippen molar-refractivity contribution in [3.8, 4) is 5.75 Å². The number of hydrogen-bond donors (Lipinski definition) is 0. The summed E-state index contributed by atoms with van der Waals surface area (Å²) in [6.45, 7) is 4.39. The summed E-state index contributed by atoms with van der Waals surface area (Å²) in [4.78, 5) is 38.7. The van der Waals surface area contributed by atoms with Crippen LogP contribution >= 0.6 is 0 Å². The third-order valence-corrected chi connectivity index (χ3v) is 3.89. The minimum atomic E-state index is -0.776. The Morgan fingerprint density at radius 3 is 2.48 bits per heavy atom. The van der Waals surface area contributed by atoms with Crippen molar-refractivity contribution in [1.29, 1.82) is 0 Å². The highest BCUT2D eigenvalue weighted by molar-refractivity contribution is 6.05. The lowest BCUT2D eigenvalue weighted by Crippen LogP contribution is -2.47. The minimum Gasteiger partial charge on any atom is -0.494 e. The molecule has 0 bridgehead atoms. The molecular formula is C17H22N2O4. The first-order chi connectivity index (χ1) is 11.0. The third-order valence-electron chi connectivity index (χ3n) is 3.89. The molecule has 0 spiro atoms. The topological polar surface area (TPSA) is 66.9 Å². The van der Waals surface area contributed by atoms with Crippen LogP contribution in [0.15, 0.2) is 24.3 Å². The summed E-state index contributed by atoms with van der Waals surface area (Å²) in [5.41, 5.74) is 0.886. The minimum absolute atomic E-state index is 0.188. The second-order valence-corrected chi connectivity index (χ2v) is 5.57. The number of imide groups is 1. The van der Waals surface area contributed by atoms with Crippen molar-refractivity contribution < 1.29 is 19.1 Å². The lowest BCUT2D eigenvalue weighted by molar-refractivity contribution is -0.149. The van der Waals surface area contributed by atoms with Gasteiger partial charge in [-0.2, -0.15) is 0 Å². The summed E-state index contributed by atoms with van der Waals surface area (Å²) in [6, 6.07) is 6.73. The zero-order valence-electron chi connectivity index (χ0n) is 13.7. The van der Waals surface area contributed by atoms with Gasteiger partial charge < -0.3 is 9.64 Å². The standard InChI is InChI=1S/C17H22N2O4/c1-4-23-14-8-6-5-7-13(14)11-18(3)17(22)12(2)19-15(20)9-10-16(19)21/h5-8,12H,4,9-11H2,1-3H3/t12-/m1/s1. The van der Waals surface area contributed by atoms with E-state index in [9.17, 15) is 14.4 Å². The molecule has 1 aromatic carbocycles. The molecule has 1 atom stereocenters. The van der Waals surface area contributed by atoms with Gasteiger partial charge in [-0.1, -0.05) is 18.2 Å². The van der Waals surface area contributed by atoms with Gasteiger partial charge >= 0.3 is 0 Å². The van der Waals surface area contributed by atoms with Gasteiger partial charge in [0.2, 0.25) is 17.7 Å². The van der Waals surface area contributed by atoms with Crippen molar-refractivity contribution in [3.05, 3.63) is 29.8 Å². The van der Waals surface area contributed by atoms with Crippen LogP contribution in [0.1, 0.15) is 32.3 Å². The number of benzene rings is 1. The zero-order chi connectivity index (χ0) is 17.0. The predicted molar refractivity (Wildman–Crippen MR) is 84.6 cm³/mol. The summed E-state index contributed by atoms with van der Waals surface area (Å²) in [5.74, 6) is -0.0894. The summed E-state index contributed by atoms with van der Waals surface area (Å²) in [6.07, 6.45) is 0.376. The second kappa shape index (κ2) is 7.26. The van der Waals surface area contributed by atoms with Crippen LogP contribution < -0.4 is 4.74 Å². The molecule has 0 N–H and O–H groups in total. The number of ether oxygens (including phenoxy) is 1. The fourth-order valence-corrected chi connectivity index (χ4v) is 2.72. The van der Waals surface area contributed by atoms with Gasteiger partial charge in [0.1, 0.15) is 11.8 Å². The molecule has 1 saturated heterocycles. The first kappa shape index (κ1) is 17.0. The Bertz CT molecular complexity index is 598. The van der Waals surface area contributed by atoms with Crippen LogP contribution in [0, 0.1) is 0 Å². The van der Waals surface area contributed by atoms with Crippen LogP contribution in [0.4, 0.5) is 0 Å². The molecule has 0 aromatic heterocycles. The van der Waals surface area contributed by atoms with Crippen molar-refractivity contribution in [2.45, 2.75) is 39.3 Å². The normalized spacial score (nSPS) is 15.7. The Morgan fingerprint density at radius 1 is 1.26 bits per heavy atom. The molecule has 0 unspecified atom stereocenters. The molecule has 124 valence electrons. The maximum absolute atomic E-state index is 12.5. The number of carbonyl (C=O) groups is 3. The third kappa shape index (κ3) is 3.70. The molecule has 1 aromatic rings. The number of likely N-dealkylation sites (N-methyl/N-ethyl adjacent to an activating group) is 1. The maximum Gasteiger partial charge on any atom is 0.245 e. The SMILES string of the molecule is CCOc1ccccc1CN(C)C(=O)[C@@H](C)N1C(=O)CCC1=O. The van der Waals surface area contributed by atoms with Crippen molar-refractivity contribution in [2.24, 2.45) is 0 Å². The predicted octanol–water partition coefficient (Wildman–Crippen LogP) is 1.58. The molecule has 3 amide bonds. The molecule has 1 aliphatic heterocycles. The molecule has 0 saturated carbocycles. The number of amides is 3. The Labute approximate surface area is 136 Å². The number of para-hydroxylation sites is 1. The van der Waals surface area contributed by atoms with Gasteiger partial charge in [0, 0.05) is 32.0 Å². The van der Waals surface area contributed by atoms with Crippen LogP contribution in [-0.2, 0) is 20.9 Å². The number of likely N-dealkylation sites (tertiary alicyclic amines) is 1. The van der Waals surface area contributed by atoms with Gasteiger partial charge in [0.05, 0.1) is 6.61 Å². The average Bonchev–Trinajstić information content (AvgIpc) is 2.87. The maximum atomic E-state index is 12.5. The summed E-state index contributed by atoms with van der Waals surface area (Å²) >= 11 is 0. The quantitative estimate of drug-likeness (QED) is 0.747. The average molecular weight is 318 g/mol. The Morgan fingerprint density at radius 2 is 1.87 bits per heavy atom. The van der Waals surface area contributed by atoms with Crippen LogP contribution in [0.5, 0.6) is 5.75 Å². The monoisotopic (exact) mass is 318 g/mol. The first-order valence-electron chi connectivity index (χ1n) is 7.76. The van der Waals surface area contributed by atoms with Gasteiger partial charge in [-0.25, -0.2) is 0 Å². The van der Waals surface area contributed by atoms with E-state index in [-0.39, 0.29) is 30.6 Å². The summed E-state index contributed by atoms with van der Waals surface area (Å²) in [5, 5.41) is 0. The lowest BCUT2D eigenvalue weighted by Gasteiger charge is -2.27. The van der Waals surface area contributed by atoms with E-state index in [4.69, 9.17) is 4.74 Å². The van der Waals surface area contributed by atoms with Crippen LogP contribution in [0.3, 0.4) is 0 Å². The smallest absolute Gasteiger partial charge is 0.245 e. The Kier molecular flexibility index (Phi) is 5.36. The molecule has 0 aliphatic carbocycles. The highest BCUT2D eigenvalue weighted by atomic mass is 16.5. The van der Waals surface area contributed by atoms with E-state index < -0.39 is 6.04 Å². The van der Waals surface area contributed by atoms with Crippen LogP contribution in [0.25, 0.3) is 0 Å². The van der Waals surface area contributed by atoms with Gasteiger partial charge in [0.15, 0.2) is 0 Å². The number of nitrogens with zero attached hydrogens (tertiary/aromatic N) is 2. The summed E-state index contributed by atoms with van der Waals surface area (Å²) in [7, 11) is 1.66. The van der Waals surface area contributed by atoms with Crippen LogP contribution in [0.2, 0.25) is 0 Å². The van der Waals surface area contributed by atoms with E-state index in [0.717, 1.165) is 16.2 Å². The summed E-state index contributed by atoms with van der Waals surface area (Å²) < 4.78 is 5.56. The van der Waals surface area contributed by atoms with Crippen molar-refractivity contribution in [1.82, 2.24) is 9.80 Å². The van der Waals surface area contributed by atoms with E-state index >= 15 is 0 Å². The molecule has 2 rings (SSSR count). The van der Waals surface area contributed by atoms with Gasteiger partial charge in [-0.05, 0) is 19.9 Å². The van der Waals surface area contributed by atoms with Gasteiger partial charge in [-0.15, -0.1) is 0 Å². The van der Waals surface area contributed by atoms with Crippen molar-refractivity contribution >= 4 is 17.7 Å². The van der Waals surface area contributed by atoms with Gasteiger partial charge in [0.25, 0.3) is 0 Å². The van der Waals surface area contributed by atoms with Gasteiger partial charge in [-0.3, -0.25) is 19.3 Å². The molecule has 1 fully saturated rings. The molecule has 1 heterocycles. The van der Waals surface area contributed by atoms with E-state index in [1.807, 2.05) is 31.2 Å². The molecule has 23 heavy (non-hydrogen) atoms. The van der Waals surface area contributed by atoms with E-state index in [1.54, 1.807) is 14.0 Å². The molecule has 6 heteroatoms. The Hall–Kier alpha value is -2.37. The molecule has 6 nitrogen and oxygen atoms in total. The molecule has 1 aliphatic rings.